The SMILES string of the molecule is CCCn1c(N)c(C(=O)C[NH2+][C@H](c2ccccc2)c2ccc(C)cc2)c(=O)n(C)c1=O. The molecule has 0 radical (unpaired) electrons. The minimum Gasteiger partial charge on any atom is -0.384 e. The summed E-state index contributed by atoms with van der Waals surface area (Å²) in [6.07, 6.45) is 0.658. The molecule has 0 aliphatic rings. The van der Waals surface area contributed by atoms with Gasteiger partial charge in [0.05, 0.1) is 0 Å². The van der Waals surface area contributed by atoms with Crippen LogP contribution in [0, 0.1) is 6.92 Å². The average molecular weight is 422 g/mol. The summed E-state index contributed by atoms with van der Waals surface area (Å²) in [6, 6.07) is 17.9. The van der Waals surface area contributed by atoms with Gasteiger partial charge in [-0.05, 0) is 13.3 Å². The van der Waals surface area contributed by atoms with E-state index < -0.39 is 17.0 Å². The summed E-state index contributed by atoms with van der Waals surface area (Å²) in [5, 5.41) is 1.90. The maximum atomic E-state index is 13.1. The van der Waals surface area contributed by atoms with Crippen LogP contribution in [0.25, 0.3) is 0 Å². The summed E-state index contributed by atoms with van der Waals surface area (Å²) in [7, 11) is 1.37. The number of hydrogen-bond donors (Lipinski definition) is 2. The lowest BCUT2D eigenvalue weighted by Gasteiger charge is -2.17. The summed E-state index contributed by atoms with van der Waals surface area (Å²) >= 11 is 0. The predicted octanol–water partition coefficient (Wildman–Crippen LogP) is 1.38. The van der Waals surface area contributed by atoms with Gasteiger partial charge in [0.15, 0.2) is 0 Å². The third-order valence-corrected chi connectivity index (χ3v) is 5.44. The molecule has 0 amide bonds. The van der Waals surface area contributed by atoms with Gasteiger partial charge in [0, 0.05) is 24.7 Å². The van der Waals surface area contributed by atoms with Crippen molar-refractivity contribution in [3.05, 3.63) is 97.7 Å². The van der Waals surface area contributed by atoms with Gasteiger partial charge in [-0.2, -0.15) is 0 Å². The molecule has 0 fully saturated rings. The van der Waals surface area contributed by atoms with Crippen molar-refractivity contribution in [3.63, 3.8) is 0 Å². The molecule has 0 saturated carbocycles. The average Bonchev–Trinajstić information content (AvgIpc) is 2.77. The number of rotatable bonds is 8. The molecular weight excluding hydrogens is 392 g/mol. The highest BCUT2D eigenvalue weighted by Crippen LogP contribution is 2.18. The van der Waals surface area contributed by atoms with Crippen LogP contribution in [0.4, 0.5) is 5.82 Å². The van der Waals surface area contributed by atoms with Gasteiger partial charge in [-0.3, -0.25) is 18.7 Å². The second-order valence-electron chi connectivity index (χ2n) is 7.72. The summed E-state index contributed by atoms with van der Waals surface area (Å²) in [4.78, 5) is 38.1. The van der Waals surface area contributed by atoms with Gasteiger partial charge in [-0.25, -0.2) is 4.79 Å². The zero-order valence-electron chi connectivity index (χ0n) is 18.2. The maximum absolute atomic E-state index is 13.1. The Balaban J connectivity index is 1.94. The number of carbonyl (C=O) groups excluding carboxylic acids is 1. The van der Waals surface area contributed by atoms with E-state index >= 15 is 0 Å². The number of Topliss-reactive ketones (excluding diaryl/α,β-unsaturated/α-hetero) is 1. The molecular formula is C24H29N4O3+. The van der Waals surface area contributed by atoms with Gasteiger partial charge in [-0.15, -0.1) is 0 Å². The van der Waals surface area contributed by atoms with Crippen LogP contribution in [0.15, 0.2) is 64.2 Å². The fraction of sp³-hybridized carbons (Fsp3) is 0.292. The lowest BCUT2D eigenvalue weighted by atomic mass is 9.97. The number of aryl methyl sites for hydroxylation is 1. The second kappa shape index (κ2) is 9.57. The number of anilines is 1. The third-order valence-electron chi connectivity index (χ3n) is 5.44. The molecule has 1 aromatic heterocycles. The molecule has 3 rings (SSSR count). The Hall–Kier alpha value is -3.45. The monoisotopic (exact) mass is 421 g/mol. The lowest BCUT2D eigenvalue weighted by molar-refractivity contribution is -0.675. The van der Waals surface area contributed by atoms with E-state index in [1.807, 2.05) is 73.8 Å². The third kappa shape index (κ3) is 4.67. The minimum atomic E-state index is -0.653. The summed E-state index contributed by atoms with van der Waals surface area (Å²) < 4.78 is 2.25. The maximum Gasteiger partial charge on any atom is 0.332 e. The number of aromatic nitrogens is 2. The number of hydrogen-bond acceptors (Lipinski definition) is 4. The lowest BCUT2D eigenvalue weighted by Crippen LogP contribution is -2.87. The topological polar surface area (TPSA) is 104 Å². The number of nitrogens with zero attached hydrogens (tertiary/aromatic N) is 2. The Kier molecular flexibility index (Phi) is 6.87. The Morgan fingerprint density at radius 1 is 1.03 bits per heavy atom. The number of quaternary nitrogens is 1. The highest BCUT2D eigenvalue weighted by Gasteiger charge is 2.25. The molecule has 0 unspecified atom stereocenters. The molecule has 4 N–H and O–H groups in total. The molecule has 7 heteroatoms. The van der Waals surface area contributed by atoms with E-state index in [4.69, 9.17) is 5.73 Å². The van der Waals surface area contributed by atoms with Gasteiger partial charge in [0.25, 0.3) is 5.56 Å². The smallest absolute Gasteiger partial charge is 0.332 e. The Morgan fingerprint density at radius 3 is 2.26 bits per heavy atom. The fourth-order valence-electron chi connectivity index (χ4n) is 3.71. The first-order valence-corrected chi connectivity index (χ1v) is 10.4. The number of carbonyl (C=O) groups is 1. The first kappa shape index (κ1) is 22.2. The largest absolute Gasteiger partial charge is 0.384 e. The Morgan fingerprint density at radius 2 is 1.65 bits per heavy atom. The van der Waals surface area contributed by atoms with Gasteiger partial charge in [0.1, 0.15) is 24.0 Å². The normalized spacial score (nSPS) is 12.0. The van der Waals surface area contributed by atoms with Crippen LogP contribution in [0.2, 0.25) is 0 Å². The summed E-state index contributed by atoms with van der Waals surface area (Å²) in [5.41, 5.74) is 8.08. The van der Waals surface area contributed by atoms with Crippen LogP contribution in [-0.2, 0) is 13.6 Å². The molecule has 0 aliphatic heterocycles. The number of benzene rings is 2. The van der Waals surface area contributed by atoms with Crippen LogP contribution in [0.5, 0.6) is 0 Å². The Bertz CT molecular complexity index is 1180. The number of nitrogens with two attached hydrogens (primary N) is 2. The molecule has 2 aromatic carbocycles. The van der Waals surface area contributed by atoms with Gasteiger partial charge in [-0.1, -0.05) is 67.1 Å². The molecule has 1 atom stereocenters. The van der Waals surface area contributed by atoms with E-state index in [1.54, 1.807) is 0 Å². The molecule has 1 heterocycles. The van der Waals surface area contributed by atoms with Crippen molar-refractivity contribution >= 4 is 11.6 Å². The predicted molar refractivity (Wildman–Crippen MR) is 121 cm³/mol. The quantitative estimate of drug-likeness (QED) is 0.536. The highest BCUT2D eigenvalue weighted by molar-refractivity contribution is 6.00. The van der Waals surface area contributed by atoms with Crippen molar-refractivity contribution in [2.75, 3.05) is 12.3 Å². The van der Waals surface area contributed by atoms with E-state index in [0.29, 0.717) is 13.0 Å². The standard InChI is InChI=1S/C24H28N4O3/c1-4-14-28-22(25)20(23(30)27(3)24(28)31)19(29)15-26-21(17-8-6-5-7-9-17)18-12-10-16(2)11-13-18/h5-13,21,26H,4,14-15,25H2,1-3H3/p+1/t21-/m1/s1. The summed E-state index contributed by atoms with van der Waals surface area (Å²) in [5.74, 6) is -0.448. The zero-order chi connectivity index (χ0) is 22.5. The van der Waals surface area contributed by atoms with Crippen LogP contribution in [0.3, 0.4) is 0 Å². The van der Waals surface area contributed by atoms with Gasteiger partial charge >= 0.3 is 5.69 Å². The van der Waals surface area contributed by atoms with Crippen molar-refractivity contribution < 1.29 is 10.1 Å². The highest BCUT2D eigenvalue weighted by atomic mass is 16.2. The molecule has 0 aliphatic carbocycles. The van der Waals surface area contributed by atoms with Crippen LogP contribution in [-0.4, -0.2) is 21.5 Å². The molecule has 0 spiro atoms. The van der Waals surface area contributed by atoms with Crippen molar-refractivity contribution in [2.45, 2.75) is 32.9 Å². The van der Waals surface area contributed by atoms with Crippen molar-refractivity contribution in [1.82, 2.24) is 9.13 Å². The van der Waals surface area contributed by atoms with E-state index in [-0.39, 0.29) is 24.0 Å². The van der Waals surface area contributed by atoms with Crippen LogP contribution in [0.1, 0.15) is 46.4 Å². The number of ketones is 1. The van der Waals surface area contributed by atoms with E-state index in [0.717, 1.165) is 21.3 Å². The van der Waals surface area contributed by atoms with Crippen molar-refractivity contribution in [1.29, 1.82) is 0 Å². The van der Waals surface area contributed by atoms with E-state index in [1.165, 1.54) is 11.6 Å². The Labute approximate surface area is 181 Å². The van der Waals surface area contributed by atoms with Crippen molar-refractivity contribution in [3.8, 4) is 0 Å². The molecule has 162 valence electrons. The number of nitrogen functional groups attached to an aromatic ring is 1. The second-order valence-corrected chi connectivity index (χ2v) is 7.72. The van der Waals surface area contributed by atoms with Gasteiger partial charge < -0.3 is 11.1 Å². The minimum absolute atomic E-state index is 0.0250. The summed E-state index contributed by atoms with van der Waals surface area (Å²) in [6.45, 7) is 4.30. The van der Waals surface area contributed by atoms with E-state index in [9.17, 15) is 14.4 Å². The van der Waals surface area contributed by atoms with Crippen LogP contribution >= 0.6 is 0 Å². The first-order valence-electron chi connectivity index (χ1n) is 10.4. The van der Waals surface area contributed by atoms with Gasteiger partial charge in [0.2, 0.25) is 5.78 Å². The molecule has 0 saturated heterocycles. The molecule has 0 bridgehead atoms. The van der Waals surface area contributed by atoms with E-state index in [2.05, 4.69) is 0 Å². The van der Waals surface area contributed by atoms with Crippen LogP contribution < -0.4 is 22.3 Å². The molecule has 7 nitrogen and oxygen atoms in total. The fourth-order valence-corrected chi connectivity index (χ4v) is 3.71. The van der Waals surface area contributed by atoms with Crippen molar-refractivity contribution in [2.24, 2.45) is 7.05 Å². The zero-order valence-corrected chi connectivity index (χ0v) is 18.2. The molecule has 3 aromatic rings. The molecule has 31 heavy (non-hydrogen) atoms. The first-order chi connectivity index (χ1) is 14.8.